The number of oxazole rings is 1. The minimum absolute atomic E-state index is 0.0560. The molecule has 5 rings (SSSR count). The molecule has 150 valence electrons. The van der Waals surface area contributed by atoms with Crippen LogP contribution in [0.5, 0.6) is 5.75 Å². The quantitative estimate of drug-likeness (QED) is 0.402. The molecule has 0 spiro atoms. The number of anilines is 5. The standard InChI is InChI=1S/C19H15N7O4/c1-9-6-21-18(23-11-5-14-17(20-7-11)25-15(27)8-29-14)26-16(9)22-10-2-3-13-12(4-10)24-19(28)30-13/h2-7H,8H2,1H3,(H,24,28)(H,20,25,27)(H2,21,22,23,26). The van der Waals surface area contributed by atoms with Gasteiger partial charge in [0.05, 0.1) is 17.4 Å². The predicted molar refractivity (Wildman–Crippen MR) is 109 cm³/mol. The van der Waals surface area contributed by atoms with Gasteiger partial charge in [-0.25, -0.2) is 14.8 Å². The molecule has 0 saturated heterocycles. The maximum absolute atomic E-state index is 11.4. The Labute approximate surface area is 168 Å². The monoisotopic (exact) mass is 405 g/mol. The molecule has 1 aromatic carbocycles. The highest BCUT2D eigenvalue weighted by Crippen LogP contribution is 2.29. The summed E-state index contributed by atoms with van der Waals surface area (Å²) in [5, 5.41) is 8.92. The predicted octanol–water partition coefficient (Wildman–Crippen LogP) is 2.43. The van der Waals surface area contributed by atoms with E-state index in [4.69, 9.17) is 9.15 Å². The summed E-state index contributed by atoms with van der Waals surface area (Å²) in [5.74, 6) is 1.03. The number of carbonyl (C=O) groups is 1. The fourth-order valence-corrected chi connectivity index (χ4v) is 2.95. The van der Waals surface area contributed by atoms with E-state index >= 15 is 0 Å². The number of hydrogen-bond donors (Lipinski definition) is 4. The van der Waals surface area contributed by atoms with Crippen LogP contribution in [0.1, 0.15) is 5.56 Å². The topological polar surface area (TPSA) is 147 Å². The highest BCUT2D eigenvalue weighted by Gasteiger charge is 2.17. The number of rotatable bonds is 4. The van der Waals surface area contributed by atoms with Crippen molar-refractivity contribution in [3.05, 3.63) is 52.8 Å². The van der Waals surface area contributed by atoms with Crippen LogP contribution in [-0.4, -0.2) is 32.4 Å². The Hall–Kier alpha value is -4.41. The summed E-state index contributed by atoms with van der Waals surface area (Å²) in [6.07, 6.45) is 3.23. The Morgan fingerprint density at radius 3 is 2.87 bits per heavy atom. The zero-order valence-corrected chi connectivity index (χ0v) is 15.6. The van der Waals surface area contributed by atoms with E-state index in [9.17, 15) is 9.59 Å². The van der Waals surface area contributed by atoms with E-state index in [-0.39, 0.29) is 12.5 Å². The van der Waals surface area contributed by atoms with Gasteiger partial charge >= 0.3 is 5.76 Å². The van der Waals surface area contributed by atoms with Crippen LogP contribution in [0.25, 0.3) is 11.1 Å². The molecule has 30 heavy (non-hydrogen) atoms. The zero-order chi connectivity index (χ0) is 20.7. The number of ether oxygens (including phenoxy) is 1. The molecule has 0 fully saturated rings. The zero-order valence-electron chi connectivity index (χ0n) is 15.6. The Morgan fingerprint density at radius 2 is 1.97 bits per heavy atom. The Kier molecular flexibility index (Phi) is 4.05. The number of hydrogen-bond acceptors (Lipinski definition) is 9. The number of H-pyrrole nitrogens is 1. The molecular formula is C19H15N7O4. The normalized spacial score (nSPS) is 12.8. The van der Waals surface area contributed by atoms with Crippen LogP contribution < -0.4 is 26.4 Å². The molecular weight excluding hydrogens is 390 g/mol. The third kappa shape index (κ3) is 3.39. The van der Waals surface area contributed by atoms with E-state index < -0.39 is 5.76 Å². The second kappa shape index (κ2) is 6.88. The van der Waals surface area contributed by atoms with Crippen LogP contribution in [0.3, 0.4) is 0 Å². The van der Waals surface area contributed by atoms with Crippen molar-refractivity contribution in [1.82, 2.24) is 19.9 Å². The molecule has 11 nitrogen and oxygen atoms in total. The summed E-state index contributed by atoms with van der Waals surface area (Å²) in [7, 11) is 0. The van der Waals surface area contributed by atoms with Gasteiger partial charge in [0.1, 0.15) is 5.82 Å². The van der Waals surface area contributed by atoms with Gasteiger partial charge in [0, 0.05) is 23.5 Å². The first-order valence-corrected chi connectivity index (χ1v) is 8.97. The van der Waals surface area contributed by atoms with Crippen LogP contribution in [0, 0.1) is 6.92 Å². The first kappa shape index (κ1) is 17.7. The number of amides is 1. The van der Waals surface area contributed by atoms with E-state index in [0.29, 0.717) is 40.1 Å². The van der Waals surface area contributed by atoms with E-state index in [2.05, 4.69) is 35.9 Å². The number of aromatic nitrogens is 4. The summed E-state index contributed by atoms with van der Waals surface area (Å²) in [6.45, 7) is 1.82. The number of benzene rings is 1. The molecule has 4 aromatic rings. The molecule has 4 heterocycles. The van der Waals surface area contributed by atoms with Gasteiger partial charge in [-0.05, 0) is 25.1 Å². The molecule has 1 amide bonds. The number of pyridine rings is 1. The maximum atomic E-state index is 11.4. The van der Waals surface area contributed by atoms with E-state index in [1.54, 1.807) is 36.7 Å². The van der Waals surface area contributed by atoms with Gasteiger partial charge < -0.3 is 25.1 Å². The Bertz CT molecular complexity index is 1340. The lowest BCUT2D eigenvalue weighted by Crippen LogP contribution is -2.26. The second-order valence-electron chi connectivity index (χ2n) is 6.61. The van der Waals surface area contributed by atoms with Crippen molar-refractivity contribution in [2.24, 2.45) is 0 Å². The minimum Gasteiger partial charge on any atom is -0.480 e. The molecule has 0 aliphatic carbocycles. The lowest BCUT2D eigenvalue weighted by Gasteiger charge is -2.17. The SMILES string of the molecule is Cc1cnc(Nc2cnc3c(c2)OCC(=O)N3)nc1Nc1ccc2oc(=O)[nH]c2c1. The number of aromatic amines is 1. The lowest BCUT2D eigenvalue weighted by molar-refractivity contribution is -0.118. The first-order chi connectivity index (χ1) is 14.5. The highest BCUT2D eigenvalue weighted by molar-refractivity contribution is 5.94. The summed E-state index contributed by atoms with van der Waals surface area (Å²) in [6, 6.07) is 6.95. The molecule has 0 radical (unpaired) electrons. The van der Waals surface area contributed by atoms with Crippen molar-refractivity contribution in [3.8, 4) is 5.75 Å². The first-order valence-electron chi connectivity index (χ1n) is 8.97. The van der Waals surface area contributed by atoms with Crippen molar-refractivity contribution in [3.63, 3.8) is 0 Å². The van der Waals surface area contributed by atoms with Crippen LogP contribution in [0.4, 0.5) is 29.0 Å². The summed E-state index contributed by atoms with van der Waals surface area (Å²) in [5.41, 5.74) is 3.23. The average Bonchev–Trinajstić information content (AvgIpc) is 3.10. The fourth-order valence-electron chi connectivity index (χ4n) is 2.95. The molecule has 0 atom stereocenters. The molecule has 0 saturated carbocycles. The van der Waals surface area contributed by atoms with Gasteiger partial charge in [0.25, 0.3) is 5.91 Å². The van der Waals surface area contributed by atoms with Gasteiger partial charge in [-0.2, -0.15) is 4.98 Å². The lowest BCUT2D eigenvalue weighted by atomic mass is 10.2. The largest absolute Gasteiger partial charge is 0.480 e. The van der Waals surface area contributed by atoms with Crippen molar-refractivity contribution >= 4 is 46.0 Å². The number of aryl methyl sites for hydroxylation is 1. The van der Waals surface area contributed by atoms with Crippen molar-refractivity contribution < 1.29 is 13.9 Å². The van der Waals surface area contributed by atoms with Crippen LogP contribution >= 0.6 is 0 Å². The van der Waals surface area contributed by atoms with E-state index in [1.807, 2.05) is 6.92 Å². The van der Waals surface area contributed by atoms with Gasteiger partial charge in [-0.3, -0.25) is 9.78 Å². The van der Waals surface area contributed by atoms with Crippen LogP contribution in [-0.2, 0) is 4.79 Å². The van der Waals surface area contributed by atoms with E-state index in [0.717, 1.165) is 11.3 Å². The molecule has 4 N–H and O–H groups in total. The summed E-state index contributed by atoms with van der Waals surface area (Å²) < 4.78 is 10.4. The van der Waals surface area contributed by atoms with Crippen LogP contribution in [0.15, 0.2) is 45.9 Å². The van der Waals surface area contributed by atoms with Gasteiger partial charge in [0.15, 0.2) is 23.8 Å². The molecule has 1 aliphatic heterocycles. The fraction of sp³-hybridized carbons (Fsp3) is 0.105. The van der Waals surface area contributed by atoms with Gasteiger partial charge in [0.2, 0.25) is 5.95 Å². The highest BCUT2D eigenvalue weighted by atomic mass is 16.5. The second-order valence-corrected chi connectivity index (χ2v) is 6.61. The molecule has 0 bridgehead atoms. The smallest absolute Gasteiger partial charge is 0.417 e. The van der Waals surface area contributed by atoms with Crippen LogP contribution in [0.2, 0.25) is 0 Å². The summed E-state index contributed by atoms with van der Waals surface area (Å²) in [4.78, 5) is 38.3. The average molecular weight is 405 g/mol. The molecule has 0 unspecified atom stereocenters. The number of nitrogens with one attached hydrogen (secondary N) is 4. The van der Waals surface area contributed by atoms with Crippen molar-refractivity contribution in [2.75, 3.05) is 22.6 Å². The molecule has 1 aliphatic rings. The van der Waals surface area contributed by atoms with E-state index in [1.165, 1.54) is 0 Å². The number of fused-ring (bicyclic) bond motifs is 2. The Morgan fingerprint density at radius 1 is 1.07 bits per heavy atom. The molecule has 11 heteroatoms. The third-order valence-corrected chi connectivity index (χ3v) is 4.38. The van der Waals surface area contributed by atoms with Crippen molar-refractivity contribution in [2.45, 2.75) is 6.92 Å². The molecule has 3 aromatic heterocycles. The van der Waals surface area contributed by atoms with Gasteiger partial charge in [-0.1, -0.05) is 0 Å². The van der Waals surface area contributed by atoms with Gasteiger partial charge in [-0.15, -0.1) is 0 Å². The summed E-state index contributed by atoms with van der Waals surface area (Å²) >= 11 is 0. The Balaban J connectivity index is 1.39. The minimum atomic E-state index is -0.506. The van der Waals surface area contributed by atoms with Crippen molar-refractivity contribution in [1.29, 1.82) is 0 Å². The third-order valence-electron chi connectivity index (χ3n) is 4.38. The maximum Gasteiger partial charge on any atom is 0.417 e. The number of carbonyl (C=O) groups excluding carboxylic acids is 1. The number of nitrogens with zero attached hydrogens (tertiary/aromatic N) is 3.